The Morgan fingerprint density at radius 3 is 2.31 bits per heavy atom. The van der Waals surface area contributed by atoms with Crippen molar-refractivity contribution in [3.8, 4) is 0 Å². The molecule has 0 radical (unpaired) electrons. The van der Waals surface area contributed by atoms with Crippen LogP contribution in [0.3, 0.4) is 0 Å². The largest absolute Gasteiger partial charge is 0.369 e. The second kappa shape index (κ2) is 8.42. The molecular formula is C20H22ClN3O4S. The number of benzene rings is 2. The molecule has 0 bridgehead atoms. The SMILES string of the molecule is CN(c1cccc(C(=O)N2CCC(C(N)=O)CC2)c1)S(=O)(=O)c1ccc(Cl)cc1. The molecule has 2 N–H and O–H groups in total. The molecule has 1 heterocycles. The van der Waals surface area contributed by atoms with Crippen molar-refractivity contribution < 1.29 is 18.0 Å². The van der Waals surface area contributed by atoms with Crippen LogP contribution in [0.25, 0.3) is 0 Å². The normalized spacial score (nSPS) is 15.2. The van der Waals surface area contributed by atoms with E-state index in [2.05, 4.69) is 0 Å². The minimum atomic E-state index is -3.79. The van der Waals surface area contributed by atoms with Crippen LogP contribution in [0.4, 0.5) is 5.69 Å². The average molecular weight is 436 g/mol. The Morgan fingerprint density at radius 1 is 1.10 bits per heavy atom. The molecular weight excluding hydrogens is 414 g/mol. The second-order valence-corrected chi connectivity index (χ2v) is 9.35. The van der Waals surface area contributed by atoms with Crippen LogP contribution in [0, 0.1) is 5.92 Å². The number of halogens is 1. The molecule has 1 aliphatic heterocycles. The molecule has 1 saturated heterocycles. The highest BCUT2D eigenvalue weighted by atomic mass is 35.5. The molecule has 29 heavy (non-hydrogen) atoms. The van der Waals surface area contributed by atoms with Crippen molar-refractivity contribution in [2.24, 2.45) is 11.7 Å². The summed E-state index contributed by atoms with van der Waals surface area (Å²) in [6.07, 6.45) is 1.07. The molecule has 0 aromatic heterocycles. The first kappa shape index (κ1) is 21.1. The lowest BCUT2D eigenvalue weighted by Gasteiger charge is -2.30. The number of amides is 2. The number of piperidine rings is 1. The van der Waals surface area contributed by atoms with Gasteiger partial charge in [0.1, 0.15) is 0 Å². The number of primary amides is 1. The van der Waals surface area contributed by atoms with E-state index in [9.17, 15) is 18.0 Å². The first-order valence-corrected chi connectivity index (χ1v) is 10.9. The predicted molar refractivity (Wildman–Crippen MR) is 111 cm³/mol. The van der Waals surface area contributed by atoms with Crippen molar-refractivity contribution in [3.63, 3.8) is 0 Å². The quantitative estimate of drug-likeness (QED) is 0.779. The van der Waals surface area contributed by atoms with Gasteiger partial charge in [-0.2, -0.15) is 0 Å². The maximum absolute atomic E-state index is 12.9. The zero-order valence-electron chi connectivity index (χ0n) is 15.9. The van der Waals surface area contributed by atoms with E-state index in [1.54, 1.807) is 29.2 Å². The Morgan fingerprint density at radius 2 is 1.72 bits per heavy atom. The molecule has 0 aliphatic carbocycles. The summed E-state index contributed by atoms with van der Waals surface area (Å²) >= 11 is 5.84. The summed E-state index contributed by atoms with van der Waals surface area (Å²) in [6.45, 7) is 0.880. The fraction of sp³-hybridized carbons (Fsp3) is 0.300. The summed E-state index contributed by atoms with van der Waals surface area (Å²) in [6, 6.07) is 12.4. The van der Waals surface area contributed by atoms with Crippen LogP contribution >= 0.6 is 11.6 Å². The third-order valence-electron chi connectivity index (χ3n) is 5.11. The first-order chi connectivity index (χ1) is 13.7. The summed E-state index contributed by atoms with van der Waals surface area (Å²) in [5, 5.41) is 0.444. The van der Waals surface area contributed by atoms with Crippen LogP contribution in [0.2, 0.25) is 5.02 Å². The second-order valence-electron chi connectivity index (χ2n) is 6.95. The van der Waals surface area contributed by atoms with Crippen molar-refractivity contribution in [2.75, 3.05) is 24.4 Å². The van der Waals surface area contributed by atoms with Gasteiger partial charge in [0.15, 0.2) is 0 Å². The average Bonchev–Trinajstić information content (AvgIpc) is 2.73. The van der Waals surface area contributed by atoms with E-state index in [4.69, 9.17) is 17.3 Å². The first-order valence-electron chi connectivity index (χ1n) is 9.13. The Kier molecular flexibility index (Phi) is 6.14. The third-order valence-corrected chi connectivity index (χ3v) is 7.17. The number of nitrogens with zero attached hydrogens (tertiary/aromatic N) is 2. The predicted octanol–water partition coefficient (Wildman–Crippen LogP) is 2.50. The van der Waals surface area contributed by atoms with Crippen LogP contribution in [0.15, 0.2) is 53.4 Å². The summed E-state index contributed by atoms with van der Waals surface area (Å²) in [7, 11) is -2.36. The van der Waals surface area contributed by atoms with Gasteiger partial charge in [-0.15, -0.1) is 0 Å². The molecule has 0 spiro atoms. The van der Waals surface area contributed by atoms with Gasteiger partial charge >= 0.3 is 0 Å². The number of nitrogens with two attached hydrogens (primary N) is 1. The van der Waals surface area contributed by atoms with Gasteiger partial charge in [0.2, 0.25) is 5.91 Å². The fourth-order valence-electron chi connectivity index (χ4n) is 3.29. The van der Waals surface area contributed by atoms with Gasteiger partial charge in [-0.05, 0) is 55.3 Å². The van der Waals surface area contributed by atoms with E-state index in [1.165, 1.54) is 31.3 Å². The van der Waals surface area contributed by atoms with Crippen molar-refractivity contribution in [1.29, 1.82) is 0 Å². The van der Waals surface area contributed by atoms with Crippen LogP contribution in [-0.4, -0.2) is 45.3 Å². The van der Waals surface area contributed by atoms with Crippen molar-refractivity contribution in [2.45, 2.75) is 17.7 Å². The Bertz CT molecular complexity index is 1020. The minimum absolute atomic E-state index is 0.106. The Labute approximate surface area is 175 Å². The fourth-order valence-corrected chi connectivity index (χ4v) is 4.60. The highest BCUT2D eigenvalue weighted by Crippen LogP contribution is 2.25. The third kappa shape index (κ3) is 4.54. The number of rotatable bonds is 5. The summed E-state index contributed by atoms with van der Waals surface area (Å²) in [4.78, 5) is 25.9. The van der Waals surface area contributed by atoms with E-state index in [0.29, 0.717) is 42.2 Å². The van der Waals surface area contributed by atoms with Crippen LogP contribution in [0.5, 0.6) is 0 Å². The molecule has 2 aromatic carbocycles. The summed E-state index contributed by atoms with van der Waals surface area (Å²) in [5.74, 6) is -0.749. The lowest BCUT2D eigenvalue weighted by atomic mass is 9.96. The van der Waals surface area contributed by atoms with Crippen LogP contribution in [-0.2, 0) is 14.8 Å². The van der Waals surface area contributed by atoms with E-state index in [-0.39, 0.29) is 22.6 Å². The Balaban J connectivity index is 1.79. The topological polar surface area (TPSA) is 101 Å². The number of carbonyl (C=O) groups is 2. The lowest BCUT2D eigenvalue weighted by molar-refractivity contribution is -0.123. The standard InChI is InChI=1S/C20H22ClN3O4S/c1-23(29(27,28)18-7-5-16(21)6-8-18)17-4-2-3-15(13-17)20(26)24-11-9-14(10-12-24)19(22)25/h2-8,13-14H,9-12H2,1H3,(H2,22,25). The lowest BCUT2D eigenvalue weighted by Crippen LogP contribution is -2.41. The Hall–Kier alpha value is -2.58. The van der Waals surface area contributed by atoms with Crippen molar-refractivity contribution in [1.82, 2.24) is 4.90 Å². The van der Waals surface area contributed by atoms with E-state index < -0.39 is 10.0 Å². The molecule has 1 aliphatic rings. The van der Waals surface area contributed by atoms with Gasteiger partial charge < -0.3 is 10.6 Å². The van der Waals surface area contributed by atoms with Gasteiger partial charge in [0.25, 0.3) is 15.9 Å². The summed E-state index contributed by atoms with van der Waals surface area (Å²) < 4.78 is 26.9. The highest BCUT2D eigenvalue weighted by molar-refractivity contribution is 7.92. The molecule has 7 nitrogen and oxygen atoms in total. The molecule has 2 aromatic rings. The molecule has 3 rings (SSSR count). The van der Waals surface area contributed by atoms with Crippen LogP contribution in [0.1, 0.15) is 23.2 Å². The molecule has 154 valence electrons. The smallest absolute Gasteiger partial charge is 0.264 e. The number of sulfonamides is 1. The van der Waals surface area contributed by atoms with E-state index in [1.807, 2.05) is 0 Å². The molecule has 0 unspecified atom stereocenters. The monoisotopic (exact) mass is 435 g/mol. The maximum atomic E-state index is 12.9. The van der Waals surface area contributed by atoms with Crippen LogP contribution < -0.4 is 10.0 Å². The highest BCUT2D eigenvalue weighted by Gasteiger charge is 2.27. The van der Waals surface area contributed by atoms with Gasteiger partial charge in [-0.3, -0.25) is 13.9 Å². The maximum Gasteiger partial charge on any atom is 0.264 e. The van der Waals surface area contributed by atoms with Gasteiger partial charge in [0.05, 0.1) is 10.6 Å². The zero-order valence-corrected chi connectivity index (χ0v) is 17.5. The van der Waals surface area contributed by atoms with Crippen molar-refractivity contribution in [3.05, 3.63) is 59.1 Å². The van der Waals surface area contributed by atoms with E-state index >= 15 is 0 Å². The number of hydrogen-bond acceptors (Lipinski definition) is 4. The number of carbonyl (C=O) groups excluding carboxylic acids is 2. The number of hydrogen-bond donors (Lipinski definition) is 1. The zero-order chi connectivity index (χ0) is 21.2. The molecule has 1 fully saturated rings. The summed E-state index contributed by atoms with van der Waals surface area (Å²) in [5.41, 5.74) is 6.10. The minimum Gasteiger partial charge on any atom is -0.369 e. The van der Waals surface area contributed by atoms with Gasteiger partial charge in [-0.1, -0.05) is 17.7 Å². The van der Waals surface area contributed by atoms with Gasteiger partial charge in [0, 0.05) is 36.6 Å². The number of likely N-dealkylation sites (tertiary alicyclic amines) is 1. The molecule has 0 atom stereocenters. The number of anilines is 1. The van der Waals surface area contributed by atoms with E-state index in [0.717, 1.165) is 4.31 Å². The van der Waals surface area contributed by atoms with Gasteiger partial charge in [-0.25, -0.2) is 8.42 Å². The molecule has 2 amide bonds. The molecule has 9 heteroatoms. The molecule has 0 saturated carbocycles. The van der Waals surface area contributed by atoms with Crippen molar-refractivity contribution >= 4 is 39.1 Å².